The summed E-state index contributed by atoms with van der Waals surface area (Å²) < 4.78 is 17.0. The Hall–Kier alpha value is -3.05. The number of nitrogens with zero attached hydrogens (tertiary/aromatic N) is 1. The number of ether oxygens (including phenoxy) is 2. The molecule has 5 heteroatoms. The average Bonchev–Trinajstić information content (AvgIpc) is 3.31. The fraction of sp³-hybridized carbons (Fsp3) is 0.227. The Morgan fingerprint density at radius 3 is 2.63 bits per heavy atom. The van der Waals surface area contributed by atoms with Gasteiger partial charge in [0, 0.05) is 17.7 Å². The molecule has 1 aliphatic rings. The molecule has 2 aromatic carbocycles. The zero-order valence-electron chi connectivity index (χ0n) is 15.1. The van der Waals surface area contributed by atoms with Crippen LogP contribution < -0.4 is 4.74 Å². The summed E-state index contributed by atoms with van der Waals surface area (Å²) in [5.74, 6) is 1.35. The Kier molecular flexibility index (Phi) is 4.94. The number of hydrogen-bond donors (Lipinski definition) is 0. The number of esters is 1. The summed E-state index contributed by atoms with van der Waals surface area (Å²) in [6.45, 7) is 3.63. The summed E-state index contributed by atoms with van der Waals surface area (Å²) in [5.41, 5.74) is 2.53. The third-order valence-electron chi connectivity index (χ3n) is 4.58. The Morgan fingerprint density at radius 2 is 1.81 bits per heavy atom. The molecule has 1 aliphatic heterocycles. The predicted molar refractivity (Wildman–Crippen MR) is 100 cm³/mol. The van der Waals surface area contributed by atoms with Crippen molar-refractivity contribution in [2.24, 2.45) is 0 Å². The van der Waals surface area contributed by atoms with Crippen LogP contribution in [0.5, 0.6) is 5.75 Å². The van der Waals surface area contributed by atoms with Crippen LogP contribution in [0.25, 0.3) is 0 Å². The third-order valence-corrected chi connectivity index (χ3v) is 4.58. The Balaban J connectivity index is 1.67. The lowest BCUT2D eigenvalue weighted by atomic mass is 10.1. The van der Waals surface area contributed by atoms with E-state index < -0.39 is 6.23 Å². The molecule has 0 amide bonds. The summed E-state index contributed by atoms with van der Waals surface area (Å²) >= 11 is 0. The number of hydrogen-bond acceptors (Lipinski definition) is 5. The first-order valence-corrected chi connectivity index (χ1v) is 9.03. The van der Waals surface area contributed by atoms with Gasteiger partial charge in [-0.1, -0.05) is 36.4 Å². The molecule has 0 saturated carbocycles. The van der Waals surface area contributed by atoms with Crippen LogP contribution in [0.1, 0.15) is 40.4 Å². The highest BCUT2D eigenvalue weighted by Gasteiger charge is 2.35. The first-order chi connectivity index (χ1) is 13.3. The molecule has 0 aliphatic carbocycles. The monoisotopic (exact) mass is 363 g/mol. The smallest absolute Gasteiger partial charge is 0.340 e. The topological polar surface area (TPSA) is 51.9 Å². The van der Waals surface area contributed by atoms with E-state index in [9.17, 15) is 4.79 Å². The van der Waals surface area contributed by atoms with Crippen molar-refractivity contribution >= 4 is 5.97 Å². The van der Waals surface area contributed by atoms with E-state index in [1.54, 1.807) is 12.3 Å². The van der Waals surface area contributed by atoms with Gasteiger partial charge in [0.2, 0.25) is 0 Å². The van der Waals surface area contributed by atoms with Crippen molar-refractivity contribution in [3.8, 4) is 5.75 Å². The maximum Gasteiger partial charge on any atom is 0.340 e. The van der Waals surface area contributed by atoms with Gasteiger partial charge < -0.3 is 13.9 Å². The predicted octanol–water partition coefficient (Wildman–Crippen LogP) is 4.55. The van der Waals surface area contributed by atoms with Crippen LogP contribution in [-0.4, -0.2) is 17.5 Å². The molecule has 0 fully saturated rings. The number of para-hydroxylation sites is 1. The first kappa shape index (κ1) is 17.4. The van der Waals surface area contributed by atoms with Gasteiger partial charge in [-0.3, -0.25) is 4.90 Å². The van der Waals surface area contributed by atoms with Crippen LogP contribution in [-0.2, 0) is 17.8 Å². The molecule has 2 heterocycles. The van der Waals surface area contributed by atoms with Gasteiger partial charge >= 0.3 is 5.97 Å². The number of carbonyl (C=O) groups excluding carboxylic acids is 1. The van der Waals surface area contributed by atoms with Crippen LogP contribution >= 0.6 is 0 Å². The summed E-state index contributed by atoms with van der Waals surface area (Å²) in [4.78, 5) is 14.4. The van der Waals surface area contributed by atoms with Crippen molar-refractivity contribution in [2.45, 2.75) is 26.2 Å². The molecule has 1 unspecified atom stereocenters. The molecule has 0 bridgehead atoms. The molecule has 0 saturated heterocycles. The third kappa shape index (κ3) is 3.59. The molecule has 0 spiro atoms. The molecule has 4 rings (SSSR count). The van der Waals surface area contributed by atoms with Gasteiger partial charge in [-0.15, -0.1) is 0 Å². The molecular weight excluding hydrogens is 342 g/mol. The maximum atomic E-state index is 12.3. The molecule has 5 nitrogen and oxygen atoms in total. The zero-order valence-corrected chi connectivity index (χ0v) is 15.1. The van der Waals surface area contributed by atoms with Crippen LogP contribution in [0.4, 0.5) is 0 Å². The Morgan fingerprint density at radius 1 is 1.00 bits per heavy atom. The van der Waals surface area contributed by atoms with Gasteiger partial charge in [0.05, 0.1) is 25.0 Å². The SMILES string of the molecule is CCOc1ccccc1CN(Cc1ccco1)C1OC(=O)c2ccccc21. The highest BCUT2D eigenvalue weighted by atomic mass is 16.6. The zero-order chi connectivity index (χ0) is 18.6. The van der Waals surface area contributed by atoms with Gasteiger partial charge in [-0.05, 0) is 31.2 Å². The number of cyclic esters (lactones) is 1. The van der Waals surface area contributed by atoms with Crippen molar-refractivity contribution in [1.82, 2.24) is 4.90 Å². The molecule has 1 atom stereocenters. The van der Waals surface area contributed by atoms with Crippen molar-refractivity contribution in [2.75, 3.05) is 6.61 Å². The number of carbonyl (C=O) groups is 1. The largest absolute Gasteiger partial charge is 0.494 e. The molecule has 0 N–H and O–H groups in total. The van der Waals surface area contributed by atoms with Crippen LogP contribution in [0.3, 0.4) is 0 Å². The van der Waals surface area contributed by atoms with Crippen molar-refractivity contribution in [1.29, 1.82) is 0 Å². The highest BCUT2D eigenvalue weighted by Crippen LogP contribution is 2.36. The molecule has 138 valence electrons. The lowest BCUT2D eigenvalue weighted by Crippen LogP contribution is -2.28. The summed E-state index contributed by atoms with van der Waals surface area (Å²) in [5, 5.41) is 0. The summed E-state index contributed by atoms with van der Waals surface area (Å²) in [7, 11) is 0. The normalized spacial score (nSPS) is 15.6. The Bertz CT molecular complexity index is 920. The number of fused-ring (bicyclic) bond motifs is 1. The molecule has 0 radical (unpaired) electrons. The van der Waals surface area contributed by atoms with E-state index in [2.05, 4.69) is 4.90 Å². The van der Waals surface area contributed by atoms with Crippen molar-refractivity contribution < 1.29 is 18.7 Å². The second-order valence-electron chi connectivity index (χ2n) is 6.37. The van der Waals surface area contributed by atoms with Gasteiger partial charge in [-0.25, -0.2) is 4.79 Å². The van der Waals surface area contributed by atoms with Gasteiger partial charge in [-0.2, -0.15) is 0 Å². The van der Waals surface area contributed by atoms with E-state index in [4.69, 9.17) is 13.9 Å². The summed E-state index contributed by atoms with van der Waals surface area (Å²) in [6.07, 6.45) is 1.18. The fourth-order valence-corrected chi connectivity index (χ4v) is 3.37. The van der Waals surface area contributed by atoms with E-state index in [1.165, 1.54) is 0 Å². The quantitative estimate of drug-likeness (QED) is 0.577. The minimum atomic E-state index is -0.464. The molecular formula is C22H21NO4. The molecule has 1 aromatic heterocycles. The van der Waals surface area contributed by atoms with Crippen LogP contribution in [0.15, 0.2) is 71.3 Å². The van der Waals surface area contributed by atoms with E-state index in [0.29, 0.717) is 25.3 Å². The molecule has 27 heavy (non-hydrogen) atoms. The fourth-order valence-electron chi connectivity index (χ4n) is 3.37. The average molecular weight is 363 g/mol. The lowest BCUT2D eigenvalue weighted by Gasteiger charge is -2.28. The van der Waals surface area contributed by atoms with Crippen molar-refractivity contribution in [3.05, 3.63) is 89.4 Å². The second kappa shape index (κ2) is 7.68. The minimum absolute atomic E-state index is 0.293. The van der Waals surface area contributed by atoms with E-state index in [-0.39, 0.29) is 5.97 Å². The Labute approximate surface area is 158 Å². The van der Waals surface area contributed by atoms with Gasteiger partial charge in [0.15, 0.2) is 6.23 Å². The van der Waals surface area contributed by atoms with E-state index >= 15 is 0 Å². The number of benzene rings is 2. The van der Waals surface area contributed by atoms with E-state index in [1.807, 2.05) is 61.5 Å². The maximum absolute atomic E-state index is 12.3. The standard InChI is InChI=1S/C22H21NO4/c1-2-25-20-12-6-3-8-16(20)14-23(15-17-9-7-13-26-17)21-18-10-4-5-11-19(18)22(24)27-21/h3-13,21H,2,14-15H2,1H3. The van der Waals surface area contributed by atoms with Crippen LogP contribution in [0, 0.1) is 0 Å². The second-order valence-corrected chi connectivity index (χ2v) is 6.37. The van der Waals surface area contributed by atoms with Crippen LogP contribution in [0.2, 0.25) is 0 Å². The number of furan rings is 1. The molecule has 3 aromatic rings. The first-order valence-electron chi connectivity index (χ1n) is 9.03. The van der Waals surface area contributed by atoms with Gasteiger partial charge in [0.1, 0.15) is 11.5 Å². The number of rotatable bonds is 7. The lowest BCUT2D eigenvalue weighted by molar-refractivity contribution is -0.0337. The van der Waals surface area contributed by atoms with Gasteiger partial charge in [0.25, 0.3) is 0 Å². The van der Waals surface area contributed by atoms with E-state index in [0.717, 1.165) is 22.6 Å². The highest BCUT2D eigenvalue weighted by molar-refractivity contribution is 5.93. The van der Waals surface area contributed by atoms with Crippen molar-refractivity contribution in [3.63, 3.8) is 0 Å². The summed E-state index contributed by atoms with van der Waals surface area (Å²) in [6, 6.07) is 19.2. The minimum Gasteiger partial charge on any atom is -0.494 e.